The zero-order valence-electron chi connectivity index (χ0n) is 17.6. The molecule has 1 aromatic heterocycles. The maximum absolute atomic E-state index is 6.03. The van der Waals surface area contributed by atoms with E-state index in [1.165, 1.54) is 38.2 Å². The Bertz CT molecular complexity index is 776. The van der Waals surface area contributed by atoms with Crippen molar-refractivity contribution in [3.05, 3.63) is 36.0 Å². The Kier molecular flexibility index (Phi) is 6.62. The van der Waals surface area contributed by atoms with Crippen LogP contribution in [0.4, 0.5) is 11.5 Å². The Labute approximate surface area is 174 Å². The fourth-order valence-corrected chi connectivity index (χ4v) is 4.25. The molecule has 0 atom stereocenters. The molecule has 2 aromatic rings. The maximum atomic E-state index is 6.03. The van der Waals surface area contributed by atoms with Gasteiger partial charge in [-0.15, -0.1) is 0 Å². The van der Waals surface area contributed by atoms with Crippen LogP contribution >= 0.6 is 0 Å². The zero-order valence-corrected chi connectivity index (χ0v) is 17.6. The standard InChI is InChI=1S/C23H34N6/c1-18-17-26-23(27-22(18)25-11-4-14-28-12-2-3-13-28)19-5-7-21(8-6-19)29-15-9-20(24)10-16-29/h5-8,17,20H,2-4,9-16,24H2,1H3,(H,25,26,27). The first-order valence-corrected chi connectivity index (χ1v) is 11.1. The van der Waals surface area contributed by atoms with Gasteiger partial charge in [0, 0.05) is 48.7 Å². The molecule has 2 aliphatic rings. The van der Waals surface area contributed by atoms with E-state index in [2.05, 4.69) is 51.3 Å². The predicted molar refractivity (Wildman–Crippen MR) is 120 cm³/mol. The molecule has 3 heterocycles. The summed E-state index contributed by atoms with van der Waals surface area (Å²) in [7, 11) is 0. The van der Waals surface area contributed by atoms with Gasteiger partial charge in [-0.2, -0.15) is 0 Å². The Morgan fingerprint density at radius 2 is 1.79 bits per heavy atom. The molecule has 2 aliphatic heterocycles. The van der Waals surface area contributed by atoms with E-state index in [0.29, 0.717) is 6.04 Å². The second-order valence-corrected chi connectivity index (χ2v) is 8.43. The number of nitrogens with two attached hydrogens (primary N) is 1. The molecule has 6 nitrogen and oxygen atoms in total. The topological polar surface area (TPSA) is 70.3 Å². The van der Waals surface area contributed by atoms with Crippen LogP contribution in [0.2, 0.25) is 0 Å². The van der Waals surface area contributed by atoms with E-state index < -0.39 is 0 Å². The summed E-state index contributed by atoms with van der Waals surface area (Å²) in [6.07, 6.45) is 7.90. The van der Waals surface area contributed by atoms with Gasteiger partial charge in [-0.25, -0.2) is 9.97 Å². The van der Waals surface area contributed by atoms with E-state index in [0.717, 1.165) is 61.7 Å². The molecule has 2 saturated heterocycles. The summed E-state index contributed by atoms with van der Waals surface area (Å²) in [5, 5.41) is 3.52. The van der Waals surface area contributed by atoms with Gasteiger partial charge in [0.1, 0.15) is 5.82 Å². The van der Waals surface area contributed by atoms with Crippen molar-refractivity contribution in [2.24, 2.45) is 5.73 Å². The molecule has 0 bridgehead atoms. The van der Waals surface area contributed by atoms with Crippen molar-refractivity contribution in [3.63, 3.8) is 0 Å². The highest BCUT2D eigenvalue weighted by molar-refractivity contribution is 5.62. The van der Waals surface area contributed by atoms with Gasteiger partial charge in [0.15, 0.2) is 5.82 Å². The van der Waals surface area contributed by atoms with Gasteiger partial charge >= 0.3 is 0 Å². The van der Waals surface area contributed by atoms with Gasteiger partial charge in [0.05, 0.1) is 0 Å². The Morgan fingerprint density at radius 1 is 1.07 bits per heavy atom. The number of nitrogens with zero attached hydrogens (tertiary/aromatic N) is 4. The van der Waals surface area contributed by atoms with Crippen LogP contribution in [0.5, 0.6) is 0 Å². The van der Waals surface area contributed by atoms with Crippen molar-refractivity contribution in [1.29, 1.82) is 0 Å². The SMILES string of the molecule is Cc1cnc(-c2ccc(N3CCC(N)CC3)cc2)nc1NCCCN1CCCC1. The fraction of sp³-hybridized carbons (Fsp3) is 0.565. The number of aromatic nitrogens is 2. The number of benzene rings is 1. The lowest BCUT2D eigenvalue weighted by Crippen LogP contribution is -2.39. The molecule has 0 unspecified atom stereocenters. The van der Waals surface area contributed by atoms with Crippen molar-refractivity contribution < 1.29 is 0 Å². The molecule has 0 spiro atoms. The van der Waals surface area contributed by atoms with E-state index in [1.54, 1.807) is 0 Å². The molecule has 0 amide bonds. The number of likely N-dealkylation sites (tertiary alicyclic amines) is 1. The first-order chi connectivity index (χ1) is 14.2. The van der Waals surface area contributed by atoms with Crippen LogP contribution in [0, 0.1) is 6.92 Å². The van der Waals surface area contributed by atoms with Crippen LogP contribution in [0.25, 0.3) is 11.4 Å². The summed E-state index contributed by atoms with van der Waals surface area (Å²) in [5.41, 5.74) is 9.43. The minimum absolute atomic E-state index is 0.354. The van der Waals surface area contributed by atoms with Gasteiger partial charge in [0.2, 0.25) is 0 Å². The smallest absolute Gasteiger partial charge is 0.161 e. The van der Waals surface area contributed by atoms with Crippen molar-refractivity contribution in [1.82, 2.24) is 14.9 Å². The molecule has 3 N–H and O–H groups in total. The minimum atomic E-state index is 0.354. The zero-order chi connectivity index (χ0) is 20.1. The number of anilines is 2. The largest absolute Gasteiger partial charge is 0.371 e. The summed E-state index contributed by atoms with van der Waals surface area (Å²) in [5.74, 6) is 1.73. The Balaban J connectivity index is 1.36. The second kappa shape index (κ2) is 9.55. The van der Waals surface area contributed by atoms with E-state index in [9.17, 15) is 0 Å². The lowest BCUT2D eigenvalue weighted by Gasteiger charge is -2.32. The number of hydrogen-bond donors (Lipinski definition) is 2. The van der Waals surface area contributed by atoms with Gasteiger partial charge in [-0.1, -0.05) is 0 Å². The van der Waals surface area contributed by atoms with Gasteiger partial charge < -0.3 is 20.9 Å². The van der Waals surface area contributed by atoms with Gasteiger partial charge in [0.25, 0.3) is 0 Å². The number of aryl methyl sites for hydroxylation is 1. The van der Waals surface area contributed by atoms with Crippen molar-refractivity contribution >= 4 is 11.5 Å². The highest BCUT2D eigenvalue weighted by Gasteiger charge is 2.16. The molecular weight excluding hydrogens is 360 g/mol. The van der Waals surface area contributed by atoms with Crippen molar-refractivity contribution in [2.45, 2.75) is 45.1 Å². The summed E-state index contributed by atoms with van der Waals surface area (Å²) in [6.45, 7) is 8.78. The molecule has 4 rings (SSSR count). The first-order valence-electron chi connectivity index (χ1n) is 11.1. The number of rotatable bonds is 7. The van der Waals surface area contributed by atoms with Crippen molar-refractivity contribution in [3.8, 4) is 11.4 Å². The fourth-order valence-electron chi connectivity index (χ4n) is 4.25. The maximum Gasteiger partial charge on any atom is 0.161 e. The minimum Gasteiger partial charge on any atom is -0.371 e. The van der Waals surface area contributed by atoms with Crippen molar-refractivity contribution in [2.75, 3.05) is 49.5 Å². The molecule has 2 fully saturated rings. The summed E-state index contributed by atoms with van der Waals surface area (Å²) in [6, 6.07) is 8.97. The monoisotopic (exact) mass is 394 g/mol. The Morgan fingerprint density at radius 3 is 2.52 bits per heavy atom. The predicted octanol–water partition coefficient (Wildman–Crippen LogP) is 3.28. The number of piperidine rings is 1. The first kappa shape index (κ1) is 20.1. The van der Waals surface area contributed by atoms with E-state index in [4.69, 9.17) is 10.7 Å². The second-order valence-electron chi connectivity index (χ2n) is 8.43. The molecule has 6 heteroatoms. The van der Waals surface area contributed by atoms with E-state index in [-0.39, 0.29) is 0 Å². The molecule has 0 saturated carbocycles. The molecule has 0 radical (unpaired) electrons. The Hall–Kier alpha value is -2.18. The lowest BCUT2D eigenvalue weighted by atomic mass is 10.0. The summed E-state index contributed by atoms with van der Waals surface area (Å²) < 4.78 is 0. The molecular formula is C23H34N6. The van der Waals surface area contributed by atoms with Crippen LogP contribution in [0.1, 0.15) is 37.7 Å². The third-order valence-corrected chi connectivity index (χ3v) is 6.14. The molecule has 0 aliphatic carbocycles. The van der Waals surface area contributed by atoms with Crippen LogP contribution in [-0.4, -0.2) is 60.2 Å². The summed E-state index contributed by atoms with van der Waals surface area (Å²) in [4.78, 5) is 14.3. The van der Waals surface area contributed by atoms with Crippen LogP contribution in [0.15, 0.2) is 30.5 Å². The molecule has 29 heavy (non-hydrogen) atoms. The van der Waals surface area contributed by atoms with Crippen LogP contribution in [-0.2, 0) is 0 Å². The average molecular weight is 395 g/mol. The third-order valence-electron chi connectivity index (χ3n) is 6.14. The number of hydrogen-bond acceptors (Lipinski definition) is 6. The molecule has 1 aromatic carbocycles. The average Bonchev–Trinajstić information content (AvgIpc) is 3.27. The van der Waals surface area contributed by atoms with Crippen LogP contribution in [0.3, 0.4) is 0 Å². The highest BCUT2D eigenvalue weighted by Crippen LogP contribution is 2.24. The third kappa shape index (κ3) is 5.25. The van der Waals surface area contributed by atoms with Gasteiger partial charge in [-0.05, 0) is 82.9 Å². The normalized spacial score (nSPS) is 18.3. The van der Waals surface area contributed by atoms with E-state index in [1.807, 2.05) is 6.20 Å². The highest BCUT2D eigenvalue weighted by atomic mass is 15.1. The van der Waals surface area contributed by atoms with E-state index >= 15 is 0 Å². The molecule has 156 valence electrons. The lowest BCUT2D eigenvalue weighted by molar-refractivity contribution is 0.337. The number of nitrogens with one attached hydrogen (secondary N) is 1. The van der Waals surface area contributed by atoms with Gasteiger partial charge in [-0.3, -0.25) is 0 Å². The quantitative estimate of drug-likeness (QED) is 0.703. The van der Waals surface area contributed by atoms with Crippen LogP contribution < -0.4 is 16.0 Å². The summed E-state index contributed by atoms with van der Waals surface area (Å²) >= 11 is 0.